The maximum Gasteiger partial charge on any atom is 0.153 e. The monoisotopic (exact) mass is 300 g/mol. The molecule has 0 aliphatic rings. The molecule has 3 aromatic rings. The van der Waals surface area contributed by atoms with E-state index < -0.39 is 0 Å². The summed E-state index contributed by atoms with van der Waals surface area (Å²) in [5.41, 5.74) is 10.1. The second-order valence-corrected chi connectivity index (χ2v) is 6.78. The van der Waals surface area contributed by atoms with E-state index in [-0.39, 0.29) is 0 Å². The van der Waals surface area contributed by atoms with Crippen LogP contribution in [0.15, 0.2) is 18.2 Å². The lowest BCUT2D eigenvalue weighted by atomic mass is 10.2. The van der Waals surface area contributed by atoms with Crippen LogP contribution in [0.4, 0.5) is 0 Å². The van der Waals surface area contributed by atoms with E-state index >= 15 is 0 Å². The average Bonchev–Trinajstić information content (AvgIpc) is 2.97. The van der Waals surface area contributed by atoms with Crippen LogP contribution in [-0.2, 0) is 6.54 Å². The molecule has 2 aromatic heterocycles. The summed E-state index contributed by atoms with van der Waals surface area (Å²) < 4.78 is 2.29. The molecule has 0 bridgehead atoms. The number of rotatable bonds is 3. The molecule has 0 amide bonds. The van der Waals surface area contributed by atoms with Crippen LogP contribution in [0, 0.1) is 13.8 Å². The summed E-state index contributed by atoms with van der Waals surface area (Å²) in [7, 11) is 0. The van der Waals surface area contributed by atoms with Gasteiger partial charge in [0.25, 0.3) is 0 Å². The summed E-state index contributed by atoms with van der Waals surface area (Å²) in [5, 5.41) is 1.08. The lowest BCUT2D eigenvalue weighted by Crippen LogP contribution is -2.03. The van der Waals surface area contributed by atoms with Gasteiger partial charge in [-0.05, 0) is 45.4 Å². The molecule has 0 aliphatic heterocycles. The molecule has 2 heterocycles. The minimum atomic E-state index is 0.343. The molecule has 0 spiro atoms. The molecule has 0 unspecified atom stereocenters. The van der Waals surface area contributed by atoms with Crippen molar-refractivity contribution in [1.29, 1.82) is 0 Å². The average molecular weight is 300 g/mol. The zero-order valence-electron chi connectivity index (χ0n) is 12.8. The summed E-state index contributed by atoms with van der Waals surface area (Å²) in [6.45, 7) is 9.00. The Kier molecular flexibility index (Phi) is 3.55. The third-order valence-corrected chi connectivity index (χ3v) is 4.68. The molecule has 0 fully saturated rings. The van der Waals surface area contributed by atoms with Crippen molar-refractivity contribution in [1.82, 2.24) is 14.5 Å². The van der Waals surface area contributed by atoms with Gasteiger partial charge in [-0.2, -0.15) is 0 Å². The number of aryl methyl sites for hydroxylation is 2. The molecular weight excluding hydrogens is 280 g/mol. The summed E-state index contributed by atoms with van der Waals surface area (Å²) in [6, 6.07) is 6.63. The van der Waals surface area contributed by atoms with E-state index in [4.69, 9.17) is 10.7 Å². The third-order valence-electron chi connectivity index (χ3n) is 3.61. The van der Waals surface area contributed by atoms with E-state index in [1.807, 2.05) is 13.8 Å². The minimum absolute atomic E-state index is 0.343. The molecule has 4 nitrogen and oxygen atoms in total. The number of thiazole rings is 1. The predicted octanol–water partition coefficient (Wildman–Crippen LogP) is 3.82. The smallest absolute Gasteiger partial charge is 0.153 e. The van der Waals surface area contributed by atoms with Gasteiger partial charge in [-0.3, -0.25) is 0 Å². The van der Waals surface area contributed by atoms with Gasteiger partial charge in [0, 0.05) is 12.6 Å². The molecule has 0 saturated carbocycles. The molecule has 21 heavy (non-hydrogen) atoms. The van der Waals surface area contributed by atoms with Crippen molar-refractivity contribution >= 4 is 22.4 Å². The fraction of sp³-hybridized carbons (Fsp3) is 0.375. The van der Waals surface area contributed by atoms with Crippen LogP contribution >= 0.6 is 11.3 Å². The Morgan fingerprint density at radius 3 is 2.57 bits per heavy atom. The first kappa shape index (κ1) is 14.2. The van der Waals surface area contributed by atoms with Crippen LogP contribution < -0.4 is 5.73 Å². The van der Waals surface area contributed by atoms with Crippen molar-refractivity contribution < 1.29 is 0 Å². The quantitative estimate of drug-likeness (QED) is 0.800. The van der Waals surface area contributed by atoms with E-state index in [0.29, 0.717) is 12.6 Å². The van der Waals surface area contributed by atoms with Gasteiger partial charge in [0.15, 0.2) is 5.82 Å². The van der Waals surface area contributed by atoms with Crippen LogP contribution in [0.2, 0.25) is 0 Å². The molecule has 1 aromatic carbocycles. The van der Waals surface area contributed by atoms with Crippen molar-refractivity contribution in [2.24, 2.45) is 5.73 Å². The van der Waals surface area contributed by atoms with Gasteiger partial charge in [0.2, 0.25) is 0 Å². The largest absolute Gasteiger partial charge is 0.326 e. The second kappa shape index (κ2) is 5.24. The Morgan fingerprint density at radius 1 is 1.24 bits per heavy atom. The molecule has 110 valence electrons. The van der Waals surface area contributed by atoms with Gasteiger partial charge in [-0.1, -0.05) is 6.07 Å². The number of aromatic nitrogens is 3. The van der Waals surface area contributed by atoms with Crippen LogP contribution in [0.25, 0.3) is 21.7 Å². The van der Waals surface area contributed by atoms with Gasteiger partial charge in [-0.15, -0.1) is 11.3 Å². The van der Waals surface area contributed by atoms with Gasteiger partial charge in [0.1, 0.15) is 0 Å². The molecular formula is C16H20N4S. The lowest BCUT2D eigenvalue weighted by Gasteiger charge is -2.12. The van der Waals surface area contributed by atoms with Crippen molar-refractivity contribution in [3.63, 3.8) is 0 Å². The molecule has 0 aliphatic carbocycles. The summed E-state index contributed by atoms with van der Waals surface area (Å²) in [6.07, 6.45) is 0. The highest BCUT2D eigenvalue weighted by Gasteiger charge is 2.19. The number of imidazole rings is 1. The first-order chi connectivity index (χ1) is 10.0. The summed E-state index contributed by atoms with van der Waals surface area (Å²) in [5.74, 6) is 1.01. The van der Waals surface area contributed by atoms with Crippen LogP contribution in [0.3, 0.4) is 0 Å². The number of nitrogens with zero attached hydrogens (tertiary/aromatic N) is 3. The Morgan fingerprint density at radius 2 is 2.00 bits per heavy atom. The van der Waals surface area contributed by atoms with E-state index in [1.165, 1.54) is 0 Å². The Balaban J connectivity index is 2.31. The number of hydrogen-bond acceptors (Lipinski definition) is 4. The lowest BCUT2D eigenvalue weighted by molar-refractivity contribution is 0.625. The number of fused-ring (bicyclic) bond motifs is 1. The number of hydrogen-bond donors (Lipinski definition) is 1. The Labute approximate surface area is 128 Å². The highest BCUT2D eigenvalue weighted by Crippen LogP contribution is 2.34. The Bertz CT molecular complexity index is 798. The van der Waals surface area contributed by atoms with Crippen LogP contribution in [-0.4, -0.2) is 14.5 Å². The molecule has 0 saturated heterocycles. The molecule has 0 atom stereocenters. The minimum Gasteiger partial charge on any atom is -0.326 e. The standard InChI is InChI=1S/C16H20N4S/c1-9(2)20-14-6-5-12(8-17)7-13(14)19-16(20)15-10(3)18-11(4)21-15/h5-7,9H,8,17H2,1-4H3. The SMILES string of the molecule is Cc1nc(C)c(-c2nc3cc(CN)ccc3n2C(C)C)s1. The van der Waals surface area contributed by atoms with Crippen molar-refractivity contribution in [2.45, 2.75) is 40.3 Å². The van der Waals surface area contributed by atoms with E-state index in [0.717, 1.165) is 38.0 Å². The van der Waals surface area contributed by atoms with Crippen molar-refractivity contribution in [2.75, 3.05) is 0 Å². The predicted molar refractivity (Wildman–Crippen MR) is 88.6 cm³/mol. The Hall–Kier alpha value is -1.72. The number of benzene rings is 1. The van der Waals surface area contributed by atoms with Gasteiger partial charge >= 0.3 is 0 Å². The maximum absolute atomic E-state index is 5.74. The van der Waals surface area contributed by atoms with Crippen LogP contribution in [0.5, 0.6) is 0 Å². The fourth-order valence-corrected chi connectivity index (χ4v) is 3.60. The summed E-state index contributed by atoms with van der Waals surface area (Å²) in [4.78, 5) is 10.6. The zero-order chi connectivity index (χ0) is 15.1. The first-order valence-corrected chi connectivity index (χ1v) is 7.98. The zero-order valence-corrected chi connectivity index (χ0v) is 13.7. The second-order valence-electron chi connectivity index (χ2n) is 5.57. The topological polar surface area (TPSA) is 56.7 Å². The van der Waals surface area contributed by atoms with Gasteiger partial charge in [-0.25, -0.2) is 9.97 Å². The number of nitrogens with two attached hydrogens (primary N) is 1. The van der Waals surface area contributed by atoms with E-state index in [2.05, 4.69) is 41.6 Å². The third kappa shape index (κ3) is 2.36. The van der Waals surface area contributed by atoms with E-state index in [9.17, 15) is 0 Å². The first-order valence-electron chi connectivity index (χ1n) is 7.16. The normalized spacial score (nSPS) is 11.7. The van der Waals surface area contributed by atoms with Gasteiger partial charge in [0.05, 0.1) is 26.6 Å². The molecule has 3 rings (SSSR count). The molecule has 0 radical (unpaired) electrons. The maximum atomic E-state index is 5.74. The summed E-state index contributed by atoms with van der Waals surface area (Å²) >= 11 is 1.71. The molecule has 2 N–H and O–H groups in total. The fourth-order valence-electron chi connectivity index (χ4n) is 2.69. The highest BCUT2D eigenvalue weighted by atomic mass is 32.1. The van der Waals surface area contributed by atoms with E-state index in [1.54, 1.807) is 11.3 Å². The van der Waals surface area contributed by atoms with Crippen molar-refractivity contribution in [3.8, 4) is 10.7 Å². The molecule has 5 heteroatoms. The van der Waals surface area contributed by atoms with Crippen LogP contribution in [0.1, 0.15) is 36.2 Å². The van der Waals surface area contributed by atoms with Crippen molar-refractivity contribution in [3.05, 3.63) is 34.5 Å². The highest BCUT2D eigenvalue weighted by molar-refractivity contribution is 7.15. The van der Waals surface area contributed by atoms with Gasteiger partial charge < -0.3 is 10.3 Å².